The molecule has 44 heavy (non-hydrogen) atoms. The molecular formula is C31H46N6O6S. The molecule has 12 nitrogen and oxygen atoms in total. The molecular weight excluding hydrogens is 584 g/mol. The highest BCUT2D eigenvalue weighted by Gasteiger charge is 2.36. The molecule has 0 fully saturated rings. The third-order valence-electron chi connectivity index (χ3n) is 7.63. The summed E-state index contributed by atoms with van der Waals surface area (Å²) in [6.07, 6.45) is 0.909. The van der Waals surface area contributed by atoms with Gasteiger partial charge in [0.05, 0.1) is 10.9 Å². The number of carbonyl (C=O) groups excluding carboxylic acids is 2. The van der Waals surface area contributed by atoms with Gasteiger partial charge in [-0.3, -0.25) is 4.79 Å². The van der Waals surface area contributed by atoms with E-state index in [-0.39, 0.29) is 43.0 Å². The number of nitrogens with two attached hydrogens (primary N) is 2. The number of nitrogens with zero attached hydrogens (tertiary/aromatic N) is 2. The summed E-state index contributed by atoms with van der Waals surface area (Å²) in [5.74, 6) is 0.145. The average Bonchev–Trinajstić information content (AvgIpc) is 3.30. The van der Waals surface area contributed by atoms with Crippen LogP contribution in [0.3, 0.4) is 0 Å². The van der Waals surface area contributed by atoms with Crippen LogP contribution in [0.4, 0.5) is 4.79 Å². The number of guanidine groups is 1. The fourth-order valence-electron chi connectivity index (χ4n) is 5.14. The lowest BCUT2D eigenvalue weighted by atomic mass is 9.94. The van der Waals surface area contributed by atoms with Crippen LogP contribution < -0.4 is 26.8 Å². The molecule has 2 amide bonds. The number of hydrogen-bond acceptors (Lipinski definition) is 7. The molecule has 1 aliphatic heterocycles. The van der Waals surface area contributed by atoms with Gasteiger partial charge in [0.25, 0.3) is 10.0 Å². The minimum atomic E-state index is -4.09. The Balaban J connectivity index is 1.44. The molecule has 0 bridgehead atoms. The van der Waals surface area contributed by atoms with Gasteiger partial charge in [0.2, 0.25) is 11.9 Å². The molecule has 3 rings (SSSR count). The monoisotopic (exact) mass is 630 g/mol. The second kappa shape index (κ2) is 14.8. The minimum Gasteiger partial charge on any atom is -0.487 e. The molecule has 0 saturated carbocycles. The van der Waals surface area contributed by atoms with Crippen molar-refractivity contribution in [2.45, 2.75) is 84.0 Å². The van der Waals surface area contributed by atoms with Gasteiger partial charge in [0.15, 0.2) is 0 Å². The number of nitrogens with one attached hydrogen (secondary N) is 2. The SMILES string of the molecule is CCN(CCNC(=O)[C@@H](N)CCCN/C(N)=N/S(=O)(=O)c1c(C)c(C)c2c(c1C)CC(C)(C)O2)C(=O)OCc1ccccc1. The van der Waals surface area contributed by atoms with Crippen molar-refractivity contribution in [1.82, 2.24) is 15.5 Å². The number of fused-ring (bicyclic) bond motifs is 1. The van der Waals surface area contributed by atoms with Gasteiger partial charge in [0, 0.05) is 38.2 Å². The molecule has 13 heteroatoms. The van der Waals surface area contributed by atoms with E-state index in [0.717, 1.165) is 22.4 Å². The van der Waals surface area contributed by atoms with E-state index >= 15 is 0 Å². The fourth-order valence-corrected chi connectivity index (χ4v) is 6.61. The Bertz CT molecular complexity index is 1480. The second-order valence-corrected chi connectivity index (χ2v) is 13.1. The first kappa shape index (κ1) is 34.6. The topological polar surface area (TPSA) is 178 Å². The van der Waals surface area contributed by atoms with Gasteiger partial charge in [-0.15, -0.1) is 4.40 Å². The zero-order valence-electron chi connectivity index (χ0n) is 26.5. The van der Waals surface area contributed by atoms with Crippen LogP contribution in [0.1, 0.15) is 61.4 Å². The Morgan fingerprint density at radius 2 is 1.77 bits per heavy atom. The summed E-state index contributed by atoms with van der Waals surface area (Å²) >= 11 is 0. The third kappa shape index (κ3) is 8.85. The molecule has 0 spiro atoms. The van der Waals surface area contributed by atoms with Crippen LogP contribution in [-0.2, 0) is 32.6 Å². The standard InChI is InChI=1S/C31H46N6O6S/c1-7-37(30(39)42-19-23-12-9-8-10-13-23)17-16-34-28(38)25(32)14-11-15-35-29(33)36-44(40,41)27-21(3)20(2)26-24(22(27)4)18-31(5,6)43-26/h8-10,12-13,25H,7,11,14-19,32H2,1-6H3,(H,34,38)(H3,33,35,36)/t25-/m0/s1. The van der Waals surface area contributed by atoms with Crippen LogP contribution in [0.2, 0.25) is 0 Å². The van der Waals surface area contributed by atoms with Crippen molar-refractivity contribution in [3.05, 3.63) is 58.1 Å². The largest absolute Gasteiger partial charge is 0.487 e. The molecule has 0 aromatic heterocycles. The lowest BCUT2D eigenvalue weighted by molar-refractivity contribution is -0.122. The van der Waals surface area contributed by atoms with E-state index in [1.165, 1.54) is 4.90 Å². The quantitative estimate of drug-likeness (QED) is 0.147. The van der Waals surface area contributed by atoms with Gasteiger partial charge >= 0.3 is 6.09 Å². The van der Waals surface area contributed by atoms with Gasteiger partial charge in [0.1, 0.15) is 18.0 Å². The van der Waals surface area contributed by atoms with E-state index < -0.39 is 27.8 Å². The number of sulfonamides is 1. The van der Waals surface area contributed by atoms with E-state index in [1.807, 2.05) is 58.0 Å². The van der Waals surface area contributed by atoms with E-state index in [9.17, 15) is 18.0 Å². The van der Waals surface area contributed by atoms with Gasteiger partial charge in [-0.25, -0.2) is 4.79 Å². The van der Waals surface area contributed by atoms with Gasteiger partial charge in [-0.2, -0.15) is 8.42 Å². The summed E-state index contributed by atoms with van der Waals surface area (Å²) in [7, 11) is -4.09. The molecule has 2 aromatic rings. The molecule has 242 valence electrons. The van der Waals surface area contributed by atoms with Crippen LogP contribution in [0.5, 0.6) is 5.75 Å². The number of amides is 2. The van der Waals surface area contributed by atoms with Crippen molar-refractivity contribution < 1.29 is 27.5 Å². The summed E-state index contributed by atoms with van der Waals surface area (Å²) in [5, 5.41) is 5.54. The molecule has 2 aromatic carbocycles. The van der Waals surface area contributed by atoms with Crippen LogP contribution >= 0.6 is 0 Å². The van der Waals surface area contributed by atoms with E-state index in [0.29, 0.717) is 36.9 Å². The van der Waals surface area contributed by atoms with Gasteiger partial charge in [-0.1, -0.05) is 30.3 Å². The van der Waals surface area contributed by atoms with Crippen LogP contribution in [0, 0.1) is 20.8 Å². The lowest BCUT2D eigenvalue weighted by Gasteiger charge is -2.21. The number of carbonyl (C=O) groups is 2. The second-order valence-electron chi connectivity index (χ2n) is 11.6. The fraction of sp³-hybridized carbons (Fsp3) is 0.516. The third-order valence-corrected chi connectivity index (χ3v) is 9.19. The summed E-state index contributed by atoms with van der Waals surface area (Å²) < 4.78 is 41.8. The zero-order chi connectivity index (χ0) is 32.7. The number of benzene rings is 2. The summed E-state index contributed by atoms with van der Waals surface area (Å²) in [6, 6.07) is 8.59. The van der Waals surface area contributed by atoms with Crippen molar-refractivity contribution >= 4 is 28.0 Å². The number of likely N-dealkylation sites (N-methyl/N-ethyl adjacent to an activating group) is 1. The Hall–Kier alpha value is -3.84. The zero-order valence-corrected chi connectivity index (χ0v) is 27.3. The molecule has 0 saturated heterocycles. The van der Waals surface area contributed by atoms with Crippen LogP contribution in [-0.4, -0.2) is 69.1 Å². The number of hydrogen-bond donors (Lipinski definition) is 4. The first-order valence-corrected chi connectivity index (χ1v) is 16.3. The summed E-state index contributed by atoms with van der Waals surface area (Å²) in [5.41, 5.74) is 15.3. The maximum absolute atomic E-state index is 13.3. The van der Waals surface area contributed by atoms with E-state index in [2.05, 4.69) is 15.0 Å². The maximum Gasteiger partial charge on any atom is 0.410 e. The predicted molar refractivity (Wildman–Crippen MR) is 170 cm³/mol. The van der Waals surface area contributed by atoms with Crippen molar-refractivity contribution in [3.8, 4) is 5.75 Å². The van der Waals surface area contributed by atoms with Gasteiger partial charge in [-0.05, 0) is 76.6 Å². The molecule has 0 radical (unpaired) electrons. The van der Waals surface area contributed by atoms with E-state index in [1.54, 1.807) is 13.8 Å². The lowest BCUT2D eigenvalue weighted by Crippen LogP contribution is -2.45. The van der Waals surface area contributed by atoms with Gasteiger partial charge < -0.3 is 36.5 Å². The number of ether oxygens (including phenoxy) is 2. The molecule has 0 aliphatic carbocycles. The molecule has 1 heterocycles. The average molecular weight is 631 g/mol. The van der Waals surface area contributed by atoms with Crippen molar-refractivity contribution in [2.75, 3.05) is 26.2 Å². The first-order valence-electron chi connectivity index (χ1n) is 14.8. The highest BCUT2D eigenvalue weighted by Crippen LogP contribution is 2.44. The highest BCUT2D eigenvalue weighted by atomic mass is 32.2. The van der Waals surface area contributed by atoms with Crippen molar-refractivity contribution in [2.24, 2.45) is 15.9 Å². The molecule has 6 N–H and O–H groups in total. The predicted octanol–water partition coefficient (Wildman–Crippen LogP) is 2.80. The Morgan fingerprint density at radius 1 is 1.09 bits per heavy atom. The molecule has 1 aliphatic rings. The minimum absolute atomic E-state index is 0.143. The van der Waals surface area contributed by atoms with E-state index in [4.69, 9.17) is 20.9 Å². The first-order chi connectivity index (χ1) is 20.7. The Morgan fingerprint density at radius 3 is 2.43 bits per heavy atom. The molecule has 1 atom stereocenters. The van der Waals surface area contributed by atoms with Crippen molar-refractivity contribution in [3.63, 3.8) is 0 Å². The van der Waals surface area contributed by atoms with Crippen LogP contribution in [0.25, 0.3) is 0 Å². The Labute approximate surface area is 260 Å². The highest BCUT2D eigenvalue weighted by molar-refractivity contribution is 7.90. The summed E-state index contributed by atoms with van der Waals surface area (Å²) in [6.45, 7) is 12.5. The smallest absolute Gasteiger partial charge is 0.410 e. The summed E-state index contributed by atoms with van der Waals surface area (Å²) in [4.78, 5) is 26.5. The van der Waals surface area contributed by atoms with Crippen molar-refractivity contribution in [1.29, 1.82) is 0 Å². The van der Waals surface area contributed by atoms with Crippen LogP contribution in [0.15, 0.2) is 39.6 Å². The number of rotatable bonds is 13. The normalized spacial score (nSPS) is 14.8. The Kier molecular flexibility index (Phi) is 11.6. The molecule has 0 unspecified atom stereocenters. The maximum atomic E-state index is 13.3.